The van der Waals surface area contributed by atoms with Crippen molar-refractivity contribution in [2.75, 3.05) is 6.54 Å². The molecule has 0 atom stereocenters. The second kappa shape index (κ2) is 4.24. The van der Waals surface area contributed by atoms with Gasteiger partial charge < -0.3 is 14.7 Å². The molecular formula is C12H23NO3. The maximum Gasteiger partial charge on any atom is 0.410 e. The van der Waals surface area contributed by atoms with Crippen LogP contribution in [-0.4, -0.2) is 39.9 Å². The van der Waals surface area contributed by atoms with E-state index in [0.717, 1.165) is 12.8 Å². The van der Waals surface area contributed by atoms with Gasteiger partial charge in [0.05, 0.1) is 12.1 Å². The topological polar surface area (TPSA) is 49.8 Å². The predicted molar refractivity (Wildman–Crippen MR) is 62.3 cm³/mol. The number of amides is 1. The third kappa shape index (κ3) is 4.84. The van der Waals surface area contributed by atoms with Crippen LogP contribution in [0.15, 0.2) is 0 Å². The van der Waals surface area contributed by atoms with E-state index in [0.29, 0.717) is 6.54 Å². The number of carbonyl (C=O) groups excluding carboxylic acids is 1. The zero-order valence-corrected chi connectivity index (χ0v) is 10.9. The van der Waals surface area contributed by atoms with Crippen LogP contribution in [-0.2, 0) is 4.74 Å². The van der Waals surface area contributed by atoms with Gasteiger partial charge in [-0.3, -0.25) is 0 Å². The maximum atomic E-state index is 11.9. The van der Waals surface area contributed by atoms with E-state index in [4.69, 9.17) is 4.74 Å². The van der Waals surface area contributed by atoms with Crippen molar-refractivity contribution in [1.29, 1.82) is 0 Å². The molecule has 1 fully saturated rings. The van der Waals surface area contributed by atoms with Crippen molar-refractivity contribution in [3.63, 3.8) is 0 Å². The number of rotatable bonds is 3. The van der Waals surface area contributed by atoms with Crippen LogP contribution >= 0.6 is 0 Å². The fourth-order valence-corrected chi connectivity index (χ4v) is 1.47. The lowest BCUT2D eigenvalue weighted by atomic mass is 10.1. The monoisotopic (exact) mass is 229 g/mol. The summed E-state index contributed by atoms with van der Waals surface area (Å²) in [6, 6.07) is 0.251. The third-order valence-corrected chi connectivity index (χ3v) is 2.17. The Morgan fingerprint density at radius 2 is 1.81 bits per heavy atom. The average Bonchev–Trinajstić information content (AvgIpc) is 2.76. The van der Waals surface area contributed by atoms with Gasteiger partial charge in [-0.2, -0.15) is 0 Å². The SMILES string of the molecule is CC(C)(O)CN(C(=O)OC(C)(C)C)C1CC1. The van der Waals surface area contributed by atoms with Crippen molar-refractivity contribution < 1.29 is 14.6 Å². The molecule has 1 aliphatic rings. The summed E-state index contributed by atoms with van der Waals surface area (Å²) in [5.41, 5.74) is -1.36. The van der Waals surface area contributed by atoms with Gasteiger partial charge in [0, 0.05) is 6.04 Å². The van der Waals surface area contributed by atoms with Gasteiger partial charge in [-0.25, -0.2) is 4.79 Å². The Hall–Kier alpha value is -0.770. The van der Waals surface area contributed by atoms with Gasteiger partial charge in [0.15, 0.2) is 0 Å². The molecule has 0 aliphatic heterocycles. The van der Waals surface area contributed by atoms with Gasteiger partial charge >= 0.3 is 6.09 Å². The lowest BCUT2D eigenvalue weighted by Gasteiger charge is -2.31. The van der Waals surface area contributed by atoms with Crippen LogP contribution in [0.3, 0.4) is 0 Å². The molecule has 0 unspecified atom stereocenters. The first kappa shape index (κ1) is 13.3. The molecule has 16 heavy (non-hydrogen) atoms. The molecule has 0 aromatic rings. The number of carbonyl (C=O) groups is 1. The summed E-state index contributed by atoms with van der Waals surface area (Å²) >= 11 is 0. The van der Waals surface area contributed by atoms with Crippen LogP contribution < -0.4 is 0 Å². The Balaban J connectivity index is 2.60. The summed E-state index contributed by atoms with van der Waals surface area (Å²) in [7, 11) is 0. The van der Waals surface area contributed by atoms with E-state index in [1.807, 2.05) is 20.8 Å². The zero-order chi connectivity index (χ0) is 12.6. The molecule has 4 heteroatoms. The highest BCUT2D eigenvalue weighted by atomic mass is 16.6. The normalized spacial score (nSPS) is 17.1. The molecule has 4 nitrogen and oxygen atoms in total. The minimum absolute atomic E-state index is 0.251. The van der Waals surface area contributed by atoms with Crippen molar-refractivity contribution in [1.82, 2.24) is 4.90 Å². The molecule has 1 aliphatic carbocycles. The van der Waals surface area contributed by atoms with Crippen LogP contribution in [0.4, 0.5) is 4.79 Å². The van der Waals surface area contributed by atoms with E-state index in [2.05, 4.69) is 0 Å². The highest BCUT2D eigenvalue weighted by Crippen LogP contribution is 2.29. The molecule has 0 heterocycles. The molecule has 1 saturated carbocycles. The first-order chi connectivity index (χ1) is 7.08. The van der Waals surface area contributed by atoms with Crippen LogP contribution in [0.1, 0.15) is 47.5 Å². The second-order valence-corrected chi connectivity index (χ2v) is 6.15. The van der Waals surface area contributed by atoms with Crippen LogP contribution in [0.2, 0.25) is 0 Å². The summed E-state index contributed by atoms with van der Waals surface area (Å²) in [5, 5.41) is 9.76. The van der Waals surface area contributed by atoms with Crippen molar-refractivity contribution in [3.8, 4) is 0 Å². The number of aliphatic hydroxyl groups is 1. The van der Waals surface area contributed by atoms with E-state index in [9.17, 15) is 9.90 Å². The molecule has 0 spiro atoms. The van der Waals surface area contributed by atoms with Crippen LogP contribution in [0.5, 0.6) is 0 Å². The third-order valence-electron chi connectivity index (χ3n) is 2.17. The second-order valence-electron chi connectivity index (χ2n) is 6.15. The van der Waals surface area contributed by atoms with Crippen molar-refractivity contribution in [2.45, 2.75) is 64.7 Å². The van der Waals surface area contributed by atoms with E-state index >= 15 is 0 Å². The lowest BCUT2D eigenvalue weighted by molar-refractivity contribution is -0.00550. The largest absolute Gasteiger partial charge is 0.444 e. The Morgan fingerprint density at radius 3 is 2.12 bits per heavy atom. The number of hydrogen-bond acceptors (Lipinski definition) is 3. The molecule has 0 aromatic heterocycles. The summed E-state index contributed by atoms with van der Waals surface area (Å²) in [6.45, 7) is 9.27. The summed E-state index contributed by atoms with van der Waals surface area (Å²) in [5.74, 6) is 0. The number of hydrogen-bond donors (Lipinski definition) is 1. The van der Waals surface area contributed by atoms with Gasteiger partial charge in [0.1, 0.15) is 5.60 Å². The Kier molecular flexibility index (Phi) is 3.53. The molecular weight excluding hydrogens is 206 g/mol. The van der Waals surface area contributed by atoms with Crippen molar-refractivity contribution in [2.24, 2.45) is 0 Å². The Bertz CT molecular complexity index is 258. The minimum Gasteiger partial charge on any atom is -0.444 e. The van der Waals surface area contributed by atoms with Crippen molar-refractivity contribution >= 4 is 6.09 Å². The summed E-state index contributed by atoms with van der Waals surface area (Å²) in [4.78, 5) is 13.6. The standard InChI is InChI=1S/C12H23NO3/c1-11(2,3)16-10(14)13(9-6-7-9)8-12(4,5)15/h9,15H,6-8H2,1-5H3. The maximum absolute atomic E-state index is 11.9. The van der Waals surface area contributed by atoms with E-state index in [1.165, 1.54) is 0 Å². The molecule has 1 rings (SSSR count). The quantitative estimate of drug-likeness (QED) is 0.806. The molecule has 0 aromatic carbocycles. The first-order valence-corrected chi connectivity index (χ1v) is 5.80. The Morgan fingerprint density at radius 1 is 1.31 bits per heavy atom. The predicted octanol–water partition coefficient (Wildman–Crippen LogP) is 2.16. The van der Waals surface area contributed by atoms with Gasteiger partial charge in [0.25, 0.3) is 0 Å². The first-order valence-electron chi connectivity index (χ1n) is 5.80. The van der Waals surface area contributed by atoms with Crippen LogP contribution in [0.25, 0.3) is 0 Å². The van der Waals surface area contributed by atoms with E-state index < -0.39 is 11.2 Å². The Labute approximate surface area is 97.6 Å². The average molecular weight is 229 g/mol. The molecule has 0 bridgehead atoms. The number of nitrogens with zero attached hydrogens (tertiary/aromatic N) is 1. The zero-order valence-electron chi connectivity index (χ0n) is 10.9. The molecule has 1 N–H and O–H groups in total. The van der Waals surface area contributed by atoms with Crippen molar-refractivity contribution in [3.05, 3.63) is 0 Å². The number of ether oxygens (including phenoxy) is 1. The van der Waals surface area contributed by atoms with Gasteiger partial charge in [0.2, 0.25) is 0 Å². The van der Waals surface area contributed by atoms with Gasteiger partial charge in [-0.15, -0.1) is 0 Å². The summed E-state index contributed by atoms with van der Waals surface area (Å²) < 4.78 is 5.32. The summed E-state index contributed by atoms with van der Waals surface area (Å²) in [6.07, 6.45) is 1.70. The highest BCUT2D eigenvalue weighted by molar-refractivity contribution is 5.69. The molecule has 1 amide bonds. The smallest absolute Gasteiger partial charge is 0.410 e. The fraction of sp³-hybridized carbons (Fsp3) is 0.917. The van der Waals surface area contributed by atoms with Gasteiger partial charge in [-0.1, -0.05) is 0 Å². The highest BCUT2D eigenvalue weighted by Gasteiger charge is 2.37. The van der Waals surface area contributed by atoms with E-state index in [-0.39, 0.29) is 12.1 Å². The molecule has 0 saturated heterocycles. The van der Waals surface area contributed by atoms with E-state index in [1.54, 1.807) is 18.7 Å². The lowest BCUT2D eigenvalue weighted by Crippen LogP contribution is -2.45. The minimum atomic E-state index is -0.876. The molecule has 0 radical (unpaired) electrons. The molecule has 94 valence electrons. The fourth-order valence-electron chi connectivity index (χ4n) is 1.47. The van der Waals surface area contributed by atoms with Crippen LogP contribution in [0, 0.1) is 0 Å². The van der Waals surface area contributed by atoms with Gasteiger partial charge in [-0.05, 0) is 47.5 Å².